The number of rotatable bonds is 7. The van der Waals surface area contributed by atoms with Gasteiger partial charge < -0.3 is 4.98 Å². The molecule has 2 rings (SSSR count). The predicted molar refractivity (Wildman–Crippen MR) is 118 cm³/mol. The fourth-order valence-corrected chi connectivity index (χ4v) is 3.03. The lowest BCUT2D eigenvalue weighted by atomic mass is 9.90. The van der Waals surface area contributed by atoms with Gasteiger partial charge in [-0.25, -0.2) is 0 Å². The van der Waals surface area contributed by atoms with Crippen LogP contribution in [0.4, 0.5) is 0 Å². The number of hydrogen-bond acceptors (Lipinski definition) is 1. The van der Waals surface area contributed by atoms with Crippen molar-refractivity contribution in [2.45, 2.75) is 73.6 Å². The van der Waals surface area contributed by atoms with Crippen LogP contribution in [0.3, 0.4) is 0 Å². The molecule has 0 saturated heterocycles. The van der Waals surface area contributed by atoms with Crippen LogP contribution in [0.15, 0.2) is 54.3 Å². The Labute approximate surface area is 161 Å². The summed E-state index contributed by atoms with van der Waals surface area (Å²) in [5.74, 6) is 0.773. The molecule has 1 atom stereocenters. The summed E-state index contributed by atoms with van der Waals surface area (Å²) >= 11 is 0. The quantitative estimate of drug-likeness (QED) is 0.496. The van der Waals surface area contributed by atoms with Crippen LogP contribution in [0.1, 0.15) is 82.2 Å². The van der Waals surface area contributed by atoms with Crippen LogP contribution in [0.2, 0.25) is 0 Å². The monoisotopic (exact) mass is 354 g/mol. The molecule has 0 saturated carbocycles. The average Bonchev–Trinajstić information content (AvgIpc) is 3.03. The van der Waals surface area contributed by atoms with Gasteiger partial charge in [-0.1, -0.05) is 70.5 Å². The SMILES string of the molecule is C.C=CN=C(C)c1cc[nH]c1C.CCCCC(CC)c1cccc(C)c1. The molecular weight excluding hydrogens is 316 g/mol. The second-order valence-electron chi connectivity index (χ2n) is 6.57. The van der Waals surface area contributed by atoms with Crippen LogP contribution in [-0.4, -0.2) is 10.7 Å². The second-order valence-corrected chi connectivity index (χ2v) is 6.57. The van der Waals surface area contributed by atoms with E-state index in [1.165, 1.54) is 36.8 Å². The normalized spacial score (nSPS) is 11.8. The van der Waals surface area contributed by atoms with Crippen LogP contribution in [0.5, 0.6) is 0 Å². The van der Waals surface area contributed by atoms with E-state index in [0.717, 1.165) is 22.9 Å². The fourth-order valence-electron chi connectivity index (χ4n) is 3.03. The van der Waals surface area contributed by atoms with Crippen molar-refractivity contribution in [1.29, 1.82) is 0 Å². The summed E-state index contributed by atoms with van der Waals surface area (Å²) in [5.41, 5.74) is 6.22. The van der Waals surface area contributed by atoms with Crippen molar-refractivity contribution in [1.82, 2.24) is 4.98 Å². The Morgan fingerprint density at radius 3 is 2.46 bits per heavy atom. The molecule has 0 amide bonds. The van der Waals surface area contributed by atoms with Gasteiger partial charge in [0.15, 0.2) is 0 Å². The molecule has 2 heteroatoms. The first-order chi connectivity index (χ1) is 12.0. The summed E-state index contributed by atoms with van der Waals surface area (Å²) in [6.45, 7) is 14.3. The predicted octanol–water partition coefficient (Wildman–Crippen LogP) is 7.59. The van der Waals surface area contributed by atoms with Crippen molar-refractivity contribution in [2.24, 2.45) is 4.99 Å². The summed E-state index contributed by atoms with van der Waals surface area (Å²) in [6.07, 6.45) is 8.74. The summed E-state index contributed by atoms with van der Waals surface area (Å²) in [6, 6.07) is 11.0. The number of aryl methyl sites for hydroxylation is 2. The number of benzene rings is 1. The first-order valence-corrected chi connectivity index (χ1v) is 9.39. The molecule has 0 bridgehead atoms. The molecule has 2 aromatic rings. The van der Waals surface area contributed by atoms with E-state index >= 15 is 0 Å². The third kappa shape index (κ3) is 7.86. The molecule has 0 aliphatic rings. The van der Waals surface area contributed by atoms with E-state index < -0.39 is 0 Å². The molecule has 1 unspecified atom stereocenters. The number of hydrogen-bond donors (Lipinski definition) is 1. The number of nitrogens with one attached hydrogen (secondary N) is 1. The van der Waals surface area contributed by atoms with E-state index in [9.17, 15) is 0 Å². The third-order valence-electron chi connectivity index (χ3n) is 4.54. The first kappa shape index (κ1) is 23.9. The zero-order valence-electron chi connectivity index (χ0n) is 16.6. The van der Waals surface area contributed by atoms with Gasteiger partial charge >= 0.3 is 0 Å². The molecule has 1 heterocycles. The Balaban J connectivity index is 0.000000475. The van der Waals surface area contributed by atoms with Crippen molar-refractivity contribution < 1.29 is 0 Å². The molecule has 0 radical (unpaired) electrons. The highest BCUT2D eigenvalue weighted by Crippen LogP contribution is 2.25. The minimum absolute atomic E-state index is 0. The molecule has 0 aliphatic heterocycles. The zero-order chi connectivity index (χ0) is 18.7. The number of nitrogens with zero attached hydrogens (tertiary/aromatic N) is 1. The highest BCUT2D eigenvalue weighted by atomic mass is 14.7. The smallest absolute Gasteiger partial charge is 0.0462 e. The number of aromatic amines is 1. The van der Waals surface area contributed by atoms with Gasteiger partial charge in [-0.05, 0) is 51.2 Å². The minimum atomic E-state index is 0. The number of H-pyrrole nitrogens is 1. The van der Waals surface area contributed by atoms with Crippen LogP contribution < -0.4 is 0 Å². The second kappa shape index (κ2) is 13.2. The van der Waals surface area contributed by atoms with Crippen molar-refractivity contribution >= 4 is 5.71 Å². The van der Waals surface area contributed by atoms with Gasteiger partial charge in [0.25, 0.3) is 0 Å². The molecule has 1 aromatic heterocycles. The summed E-state index contributed by atoms with van der Waals surface area (Å²) in [5, 5.41) is 0. The molecule has 0 spiro atoms. The Morgan fingerprint density at radius 2 is 1.96 bits per heavy atom. The lowest BCUT2D eigenvalue weighted by Crippen LogP contribution is -1.97. The van der Waals surface area contributed by atoms with Gasteiger partial charge in [0, 0.05) is 29.4 Å². The number of unbranched alkanes of at least 4 members (excludes halogenated alkanes) is 1. The van der Waals surface area contributed by atoms with E-state index in [-0.39, 0.29) is 7.43 Å². The van der Waals surface area contributed by atoms with Crippen molar-refractivity contribution in [3.05, 3.63) is 71.7 Å². The van der Waals surface area contributed by atoms with Gasteiger partial charge in [0.05, 0.1) is 0 Å². The van der Waals surface area contributed by atoms with E-state index in [0.29, 0.717) is 0 Å². The lowest BCUT2D eigenvalue weighted by molar-refractivity contribution is 0.569. The zero-order valence-corrected chi connectivity index (χ0v) is 16.6. The van der Waals surface area contributed by atoms with Gasteiger partial charge in [-0.15, -0.1) is 0 Å². The molecule has 1 N–H and O–H groups in total. The largest absolute Gasteiger partial charge is 0.365 e. The number of aliphatic imine (C=N–C) groups is 1. The minimum Gasteiger partial charge on any atom is -0.365 e. The van der Waals surface area contributed by atoms with Crippen molar-refractivity contribution in [3.63, 3.8) is 0 Å². The Bertz CT molecular complexity index is 664. The summed E-state index contributed by atoms with van der Waals surface area (Å²) in [7, 11) is 0. The molecule has 1 aromatic carbocycles. The Kier molecular flexibility index (Phi) is 12.1. The van der Waals surface area contributed by atoms with Crippen molar-refractivity contribution in [2.75, 3.05) is 0 Å². The van der Waals surface area contributed by atoms with Gasteiger partial charge in [-0.3, -0.25) is 4.99 Å². The highest BCUT2D eigenvalue weighted by molar-refractivity contribution is 6.00. The summed E-state index contributed by atoms with van der Waals surface area (Å²) in [4.78, 5) is 7.18. The lowest BCUT2D eigenvalue weighted by Gasteiger charge is -2.15. The van der Waals surface area contributed by atoms with Gasteiger partial charge in [-0.2, -0.15) is 0 Å². The Hall–Kier alpha value is -2.09. The van der Waals surface area contributed by atoms with Crippen molar-refractivity contribution in [3.8, 4) is 0 Å². The standard InChI is InChI=1S/C14H22.C9H12N2.CH4/c1-4-6-9-13(5-2)14-10-7-8-12(3)11-14;1-4-10-7(2)9-5-6-11-8(9)3;/h7-8,10-11,13H,4-6,9H2,1-3H3;4-6,11H,1H2,2-3H3;1H4. The van der Waals surface area contributed by atoms with E-state index in [1.807, 2.05) is 26.1 Å². The Morgan fingerprint density at radius 1 is 1.23 bits per heavy atom. The molecule has 0 fully saturated rings. The average molecular weight is 355 g/mol. The van der Waals surface area contributed by atoms with E-state index in [2.05, 4.69) is 61.6 Å². The third-order valence-corrected chi connectivity index (χ3v) is 4.54. The summed E-state index contributed by atoms with van der Waals surface area (Å²) < 4.78 is 0. The highest BCUT2D eigenvalue weighted by Gasteiger charge is 2.08. The van der Waals surface area contributed by atoms with E-state index in [4.69, 9.17) is 0 Å². The topological polar surface area (TPSA) is 28.1 Å². The fraction of sp³-hybridized carbons (Fsp3) is 0.458. The van der Waals surface area contributed by atoms with Gasteiger partial charge in [0.1, 0.15) is 0 Å². The molecule has 0 aliphatic carbocycles. The maximum atomic E-state index is 4.09. The van der Waals surface area contributed by atoms with Crippen LogP contribution in [0.25, 0.3) is 0 Å². The maximum Gasteiger partial charge on any atom is 0.0462 e. The maximum absolute atomic E-state index is 4.09. The van der Waals surface area contributed by atoms with Crippen LogP contribution in [0, 0.1) is 13.8 Å². The molecule has 144 valence electrons. The van der Waals surface area contributed by atoms with Gasteiger partial charge in [0.2, 0.25) is 0 Å². The molecule has 2 nitrogen and oxygen atoms in total. The first-order valence-electron chi connectivity index (χ1n) is 9.39. The molecule has 26 heavy (non-hydrogen) atoms. The number of aromatic nitrogens is 1. The van der Waals surface area contributed by atoms with E-state index in [1.54, 1.807) is 6.20 Å². The van der Waals surface area contributed by atoms with Crippen LogP contribution >= 0.6 is 0 Å². The van der Waals surface area contributed by atoms with Crippen LogP contribution in [-0.2, 0) is 0 Å². The molecular formula is C24H38N2.